The van der Waals surface area contributed by atoms with E-state index < -0.39 is 13.9 Å². The van der Waals surface area contributed by atoms with Crippen molar-refractivity contribution in [2.75, 3.05) is 13.2 Å². The molecule has 0 spiro atoms. The van der Waals surface area contributed by atoms with Gasteiger partial charge in [0, 0.05) is 0 Å². The summed E-state index contributed by atoms with van der Waals surface area (Å²) >= 11 is 0. The minimum atomic E-state index is -3.64. The smallest absolute Gasteiger partial charge is 0.287 e. The topological polar surface area (TPSA) is 68.6 Å². The van der Waals surface area contributed by atoms with Crippen LogP contribution in [0.25, 0.3) is 0 Å². The molecule has 20 heavy (non-hydrogen) atoms. The van der Waals surface area contributed by atoms with E-state index in [1.54, 1.807) is 13.8 Å². The predicted octanol–water partition coefficient (Wildman–Crippen LogP) is 3.71. The molecule has 0 saturated carbocycles. The summed E-state index contributed by atoms with van der Waals surface area (Å²) in [7, 11) is -3.64. The zero-order valence-corrected chi connectivity index (χ0v) is 12.7. The quantitative estimate of drug-likeness (QED) is 0.650. The molecule has 1 aromatic rings. The Bertz CT molecular complexity index is 462. The number of hydrogen-bond donors (Lipinski definition) is 0. The zero-order chi connectivity index (χ0) is 14.8. The fourth-order valence-corrected chi connectivity index (χ4v) is 2.95. The van der Waals surface area contributed by atoms with Gasteiger partial charge in [-0.2, -0.15) is 5.26 Å². The summed E-state index contributed by atoms with van der Waals surface area (Å²) in [5, 5.41) is 9.10. The monoisotopic (exact) mass is 297 g/mol. The van der Waals surface area contributed by atoms with Gasteiger partial charge in [0.1, 0.15) is 0 Å². The van der Waals surface area contributed by atoms with Gasteiger partial charge in [-0.1, -0.05) is 30.3 Å². The summed E-state index contributed by atoms with van der Waals surface area (Å²) in [5.41, 5.74) is 1.10. The fraction of sp³-hybridized carbons (Fsp3) is 0.500. The summed E-state index contributed by atoms with van der Waals surface area (Å²) in [6.45, 7) is 3.79. The van der Waals surface area contributed by atoms with Gasteiger partial charge >= 0.3 is 7.82 Å². The van der Waals surface area contributed by atoms with Crippen LogP contribution in [0.15, 0.2) is 30.3 Å². The minimum Gasteiger partial charge on any atom is -0.287 e. The fourth-order valence-electron chi connectivity index (χ4n) is 1.65. The molecule has 0 bridgehead atoms. The number of nitriles is 1. The van der Waals surface area contributed by atoms with Crippen LogP contribution in [0.5, 0.6) is 0 Å². The van der Waals surface area contributed by atoms with Crippen LogP contribution >= 0.6 is 7.82 Å². The maximum atomic E-state index is 12.2. The average Bonchev–Trinajstić information content (AvgIpc) is 2.45. The molecule has 0 saturated heterocycles. The second-order valence-corrected chi connectivity index (χ2v) is 5.65. The Morgan fingerprint density at radius 3 is 2.30 bits per heavy atom. The van der Waals surface area contributed by atoms with Gasteiger partial charge in [0.25, 0.3) is 0 Å². The Hall–Kier alpha value is -1.18. The Labute approximate surface area is 120 Å². The lowest BCUT2D eigenvalue weighted by Crippen LogP contribution is -2.13. The third kappa shape index (κ3) is 5.85. The molecule has 0 radical (unpaired) electrons. The van der Waals surface area contributed by atoms with Gasteiger partial charge in [-0.15, -0.1) is 0 Å². The van der Waals surface area contributed by atoms with Gasteiger partial charge in [0.05, 0.1) is 19.3 Å². The average molecular weight is 297 g/mol. The lowest BCUT2D eigenvalue weighted by molar-refractivity contribution is 0.100. The molecule has 0 aromatic heterocycles. The van der Waals surface area contributed by atoms with Crippen molar-refractivity contribution in [3.8, 4) is 6.07 Å². The van der Waals surface area contributed by atoms with Gasteiger partial charge in [-0.05, 0) is 32.3 Å². The van der Waals surface area contributed by atoms with Crippen LogP contribution in [0.1, 0.15) is 25.8 Å². The summed E-state index contributed by atoms with van der Waals surface area (Å²) < 4.78 is 27.4. The molecule has 0 aliphatic carbocycles. The van der Waals surface area contributed by atoms with Crippen LogP contribution < -0.4 is 0 Å². The van der Waals surface area contributed by atoms with Gasteiger partial charge < -0.3 is 0 Å². The van der Waals surface area contributed by atoms with E-state index in [2.05, 4.69) is 0 Å². The van der Waals surface area contributed by atoms with Gasteiger partial charge in [0.2, 0.25) is 0 Å². The third-order valence-electron chi connectivity index (χ3n) is 2.51. The second kappa shape index (κ2) is 8.89. The number of aryl methyl sites for hydroxylation is 1. The number of phosphoric acid groups is 1. The van der Waals surface area contributed by atoms with Crippen LogP contribution in [0.3, 0.4) is 0 Å². The molecule has 0 aliphatic rings. The van der Waals surface area contributed by atoms with E-state index in [1.165, 1.54) is 0 Å². The van der Waals surface area contributed by atoms with E-state index in [-0.39, 0.29) is 13.2 Å². The Morgan fingerprint density at radius 1 is 1.20 bits per heavy atom. The summed E-state index contributed by atoms with van der Waals surface area (Å²) in [6, 6.07) is 11.7. The van der Waals surface area contributed by atoms with E-state index in [0.29, 0.717) is 12.8 Å². The van der Waals surface area contributed by atoms with E-state index >= 15 is 0 Å². The SMILES string of the molecule is CCOP(=O)(OCC)O[C@@H](C#N)CCc1ccccc1. The maximum absolute atomic E-state index is 12.2. The van der Waals surface area contributed by atoms with Gasteiger partial charge in [-0.25, -0.2) is 4.57 Å². The van der Waals surface area contributed by atoms with Gasteiger partial charge in [0.15, 0.2) is 6.10 Å². The van der Waals surface area contributed by atoms with Crippen molar-refractivity contribution in [3.63, 3.8) is 0 Å². The van der Waals surface area contributed by atoms with Crippen LogP contribution in [0.2, 0.25) is 0 Å². The van der Waals surface area contributed by atoms with E-state index in [4.69, 9.17) is 18.8 Å². The predicted molar refractivity (Wildman–Crippen MR) is 76.1 cm³/mol. The van der Waals surface area contributed by atoms with Crippen molar-refractivity contribution < 1.29 is 18.1 Å². The highest BCUT2D eigenvalue weighted by molar-refractivity contribution is 7.48. The first-order valence-electron chi connectivity index (χ1n) is 6.64. The standard InChI is InChI=1S/C14H20NO4P/c1-3-17-20(16,18-4-2)19-14(12-15)11-10-13-8-6-5-7-9-13/h5-9,14H,3-4,10-11H2,1-2H3/t14-/m1/s1. The molecule has 6 heteroatoms. The number of phosphoric ester groups is 1. The maximum Gasteiger partial charge on any atom is 0.476 e. The highest BCUT2D eigenvalue weighted by Gasteiger charge is 2.29. The van der Waals surface area contributed by atoms with Crippen molar-refractivity contribution in [2.24, 2.45) is 0 Å². The van der Waals surface area contributed by atoms with Crippen LogP contribution in [0.4, 0.5) is 0 Å². The third-order valence-corrected chi connectivity index (χ3v) is 4.17. The molecule has 1 aromatic carbocycles. The lowest BCUT2D eigenvalue weighted by Gasteiger charge is -2.19. The molecule has 0 fully saturated rings. The number of benzene rings is 1. The Balaban J connectivity index is 2.57. The van der Waals surface area contributed by atoms with E-state index in [9.17, 15) is 4.57 Å². The molecule has 0 N–H and O–H groups in total. The highest BCUT2D eigenvalue weighted by Crippen LogP contribution is 2.50. The minimum absolute atomic E-state index is 0.202. The van der Waals surface area contributed by atoms with E-state index in [0.717, 1.165) is 5.56 Å². The summed E-state index contributed by atoms with van der Waals surface area (Å²) in [5.74, 6) is 0. The zero-order valence-electron chi connectivity index (χ0n) is 11.8. The Morgan fingerprint density at radius 2 is 1.80 bits per heavy atom. The number of rotatable bonds is 9. The molecule has 5 nitrogen and oxygen atoms in total. The molecule has 0 aliphatic heterocycles. The first kappa shape index (κ1) is 16.9. The first-order chi connectivity index (χ1) is 9.63. The normalized spacial score (nSPS) is 12.8. The lowest BCUT2D eigenvalue weighted by atomic mass is 10.1. The first-order valence-corrected chi connectivity index (χ1v) is 8.10. The summed E-state index contributed by atoms with van der Waals surface area (Å²) in [6.07, 6.45) is 0.279. The number of hydrogen-bond acceptors (Lipinski definition) is 5. The Kier molecular flexibility index (Phi) is 7.50. The molecule has 0 unspecified atom stereocenters. The molecule has 1 rings (SSSR count). The molecule has 0 heterocycles. The van der Waals surface area contributed by atoms with Crippen molar-refractivity contribution in [1.29, 1.82) is 5.26 Å². The van der Waals surface area contributed by atoms with Gasteiger partial charge in [-0.3, -0.25) is 13.6 Å². The van der Waals surface area contributed by atoms with Crippen molar-refractivity contribution in [3.05, 3.63) is 35.9 Å². The number of nitrogens with zero attached hydrogens (tertiary/aromatic N) is 1. The van der Waals surface area contributed by atoms with Crippen molar-refractivity contribution in [2.45, 2.75) is 32.8 Å². The molecule has 110 valence electrons. The molecule has 0 amide bonds. The largest absolute Gasteiger partial charge is 0.476 e. The van der Waals surface area contributed by atoms with Crippen LogP contribution in [-0.2, 0) is 24.6 Å². The molecular weight excluding hydrogens is 277 g/mol. The summed E-state index contributed by atoms with van der Waals surface area (Å²) in [4.78, 5) is 0. The van der Waals surface area contributed by atoms with Crippen molar-refractivity contribution in [1.82, 2.24) is 0 Å². The molecular formula is C14H20NO4P. The van der Waals surface area contributed by atoms with Crippen molar-refractivity contribution >= 4 is 7.82 Å². The van der Waals surface area contributed by atoms with Crippen LogP contribution in [0, 0.1) is 11.3 Å². The highest BCUT2D eigenvalue weighted by atomic mass is 31.2. The second-order valence-electron chi connectivity index (χ2n) is 4.03. The van der Waals surface area contributed by atoms with E-state index in [1.807, 2.05) is 36.4 Å². The molecule has 1 atom stereocenters. The van der Waals surface area contributed by atoms with Crippen LogP contribution in [-0.4, -0.2) is 19.3 Å².